The molecule has 0 bridgehead atoms. The number of para-hydroxylation sites is 3. The molecule has 268 valence electrons. The van der Waals surface area contributed by atoms with Gasteiger partial charge in [0.15, 0.2) is 0 Å². The van der Waals surface area contributed by atoms with Crippen LogP contribution >= 0.6 is 11.3 Å². The Morgan fingerprint density at radius 2 is 0.737 bits per heavy atom. The Kier molecular flexibility index (Phi) is 8.04. The number of hydrogen-bond donors (Lipinski definition) is 0. The zero-order valence-electron chi connectivity index (χ0n) is 31.1. The molecule has 10 aromatic rings. The van der Waals surface area contributed by atoms with Crippen LogP contribution in [0.5, 0.6) is 0 Å². The number of hydrogen-bond acceptors (Lipinski definition) is 3. The van der Waals surface area contributed by atoms with Crippen LogP contribution in [0.2, 0.25) is 0 Å². The molecule has 0 atom stereocenters. The molecule has 0 saturated carbocycles. The average Bonchev–Trinajstić information content (AvgIpc) is 3.68. The highest BCUT2D eigenvalue weighted by molar-refractivity contribution is 7.26. The maximum Gasteiger partial charge on any atom is 0.0709 e. The molecule has 0 saturated heterocycles. The zero-order valence-corrected chi connectivity index (χ0v) is 31.9. The molecule has 1 aromatic heterocycles. The standard InChI is InChI=1S/C54H36N2S/c1-3-12-37(13-4-1)38-22-24-41(25-23-38)43-32-35-51-52(36-43)56(44-14-5-2-6-15-44)50-20-9-8-19-49(50)55(51)45-33-30-40(31-34-45)39-26-28-42(29-27-39)46-17-11-18-48-47-16-7-10-21-53(47)57-54(46)48/h1-36H. The number of anilines is 6. The minimum Gasteiger partial charge on any atom is -0.306 e. The van der Waals surface area contributed by atoms with Crippen LogP contribution in [0.3, 0.4) is 0 Å². The summed E-state index contributed by atoms with van der Waals surface area (Å²) in [7, 11) is 0. The van der Waals surface area contributed by atoms with Crippen LogP contribution in [0.1, 0.15) is 0 Å². The van der Waals surface area contributed by atoms with Gasteiger partial charge in [-0.2, -0.15) is 0 Å². The summed E-state index contributed by atoms with van der Waals surface area (Å²) in [6.45, 7) is 0. The number of nitrogens with zero attached hydrogens (tertiary/aromatic N) is 2. The molecule has 2 heterocycles. The molecule has 3 heteroatoms. The number of benzene rings is 9. The van der Waals surface area contributed by atoms with E-state index in [1.807, 2.05) is 11.3 Å². The van der Waals surface area contributed by atoms with Crippen molar-refractivity contribution in [2.45, 2.75) is 0 Å². The van der Waals surface area contributed by atoms with Gasteiger partial charge in [0, 0.05) is 31.5 Å². The zero-order chi connectivity index (χ0) is 37.7. The van der Waals surface area contributed by atoms with Gasteiger partial charge in [0.2, 0.25) is 0 Å². The molecule has 9 aromatic carbocycles. The Balaban J connectivity index is 0.958. The second kappa shape index (κ2) is 13.8. The Morgan fingerprint density at radius 3 is 1.42 bits per heavy atom. The van der Waals surface area contributed by atoms with Gasteiger partial charge in [-0.15, -0.1) is 11.3 Å². The van der Waals surface area contributed by atoms with Crippen molar-refractivity contribution in [3.8, 4) is 44.5 Å². The lowest BCUT2D eigenvalue weighted by molar-refractivity contribution is 1.17. The molecule has 57 heavy (non-hydrogen) atoms. The first-order chi connectivity index (χ1) is 28.3. The van der Waals surface area contributed by atoms with Crippen LogP contribution in [0.15, 0.2) is 218 Å². The topological polar surface area (TPSA) is 6.48 Å². The molecule has 0 aliphatic carbocycles. The van der Waals surface area contributed by atoms with Crippen molar-refractivity contribution in [3.63, 3.8) is 0 Å². The summed E-state index contributed by atoms with van der Waals surface area (Å²) in [5.74, 6) is 0. The normalized spacial score (nSPS) is 12.1. The predicted molar refractivity (Wildman–Crippen MR) is 244 cm³/mol. The molecule has 0 spiro atoms. The Morgan fingerprint density at radius 1 is 0.281 bits per heavy atom. The first-order valence-corrected chi connectivity index (χ1v) is 20.2. The molecule has 0 amide bonds. The molecule has 0 radical (unpaired) electrons. The lowest BCUT2D eigenvalue weighted by atomic mass is 9.97. The maximum absolute atomic E-state index is 2.41. The molecule has 0 fully saturated rings. The first kappa shape index (κ1) is 33.2. The summed E-state index contributed by atoms with van der Waals surface area (Å²) in [6.07, 6.45) is 0. The summed E-state index contributed by atoms with van der Waals surface area (Å²) in [5, 5.41) is 2.66. The maximum atomic E-state index is 2.41. The van der Waals surface area contributed by atoms with Crippen molar-refractivity contribution in [3.05, 3.63) is 218 Å². The van der Waals surface area contributed by atoms with Crippen LogP contribution in [-0.4, -0.2) is 0 Å². The summed E-state index contributed by atoms with van der Waals surface area (Å²) >= 11 is 1.88. The molecular weight excluding hydrogens is 709 g/mol. The summed E-state index contributed by atoms with van der Waals surface area (Å²) in [5.41, 5.74) is 16.5. The van der Waals surface area contributed by atoms with Gasteiger partial charge in [-0.1, -0.05) is 164 Å². The van der Waals surface area contributed by atoms with E-state index < -0.39 is 0 Å². The third-order valence-electron chi connectivity index (χ3n) is 11.2. The minimum absolute atomic E-state index is 1.12. The Hall–Kier alpha value is -7.20. The molecule has 0 N–H and O–H groups in total. The second-order valence-electron chi connectivity index (χ2n) is 14.5. The third kappa shape index (κ3) is 5.80. The number of rotatable bonds is 6. The second-order valence-corrected chi connectivity index (χ2v) is 15.6. The van der Waals surface area contributed by atoms with E-state index in [4.69, 9.17) is 0 Å². The quantitative estimate of drug-likeness (QED) is 0.167. The molecule has 2 nitrogen and oxygen atoms in total. The summed E-state index contributed by atoms with van der Waals surface area (Å²) in [6, 6.07) is 79.3. The average molecular weight is 745 g/mol. The highest BCUT2D eigenvalue weighted by Crippen LogP contribution is 2.55. The van der Waals surface area contributed by atoms with E-state index in [1.165, 1.54) is 64.7 Å². The van der Waals surface area contributed by atoms with Gasteiger partial charge < -0.3 is 9.80 Å². The molecule has 1 aliphatic heterocycles. The van der Waals surface area contributed by atoms with E-state index >= 15 is 0 Å². The van der Waals surface area contributed by atoms with Gasteiger partial charge in [-0.3, -0.25) is 0 Å². The van der Waals surface area contributed by atoms with Gasteiger partial charge >= 0.3 is 0 Å². The van der Waals surface area contributed by atoms with E-state index in [0.717, 1.165) is 34.1 Å². The van der Waals surface area contributed by atoms with Crippen LogP contribution in [-0.2, 0) is 0 Å². The number of fused-ring (bicyclic) bond motifs is 5. The fraction of sp³-hybridized carbons (Fsp3) is 0. The highest BCUT2D eigenvalue weighted by atomic mass is 32.1. The van der Waals surface area contributed by atoms with E-state index in [-0.39, 0.29) is 0 Å². The monoisotopic (exact) mass is 744 g/mol. The van der Waals surface area contributed by atoms with Gasteiger partial charge in [0.05, 0.1) is 22.7 Å². The lowest BCUT2D eigenvalue weighted by Crippen LogP contribution is -2.24. The van der Waals surface area contributed by atoms with Gasteiger partial charge in [0.1, 0.15) is 0 Å². The molecule has 1 aliphatic rings. The van der Waals surface area contributed by atoms with E-state index in [1.54, 1.807) is 0 Å². The molecule has 0 unspecified atom stereocenters. The number of thiophene rings is 1. The first-order valence-electron chi connectivity index (χ1n) is 19.4. The largest absolute Gasteiger partial charge is 0.306 e. The highest BCUT2D eigenvalue weighted by Gasteiger charge is 2.30. The van der Waals surface area contributed by atoms with Crippen molar-refractivity contribution in [1.29, 1.82) is 0 Å². The van der Waals surface area contributed by atoms with Crippen molar-refractivity contribution in [2.24, 2.45) is 0 Å². The SMILES string of the molecule is c1ccc(-c2ccc(-c3ccc4c(c3)N(c3ccccc3)c3ccccc3N4c3ccc(-c4ccc(-c5cccc6c5sc5ccccc56)cc4)cc3)cc2)cc1. The molecular formula is C54H36N2S. The van der Waals surface area contributed by atoms with E-state index in [2.05, 4.69) is 228 Å². The lowest BCUT2D eigenvalue weighted by Gasteiger charge is -2.40. The van der Waals surface area contributed by atoms with Crippen molar-refractivity contribution < 1.29 is 0 Å². The smallest absolute Gasteiger partial charge is 0.0709 e. The van der Waals surface area contributed by atoms with Crippen molar-refractivity contribution in [1.82, 2.24) is 0 Å². The third-order valence-corrected chi connectivity index (χ3v) is 12.4. The van der Waals surface area contributed by atoms with Gasteiger partial charge in [-0.05, 0) is 99.1 Å². The van der Waals surface area contributed by atoms with Crippen molar-refractivity contribution in [2.75, 3.05) is 9.80 Å². The van der Waals surface area contributed by atoms with Crippen LogP contribution < -0.4 is 9.80 Å². The summed E-state index contributed by atoms with van der Waals surface area (Å²) in [4.78, 5) is 4.81. The van der Waals surface area contributed by atoms with Gasteiger partial charge in [-0.25, -0.2) is 0 Å². The van der Waals surface area contributed by atoms with Crippen LogP contribution in [0.4, 0.5) is 34.1 Å². The van der Waals surface area contributed by atoms with Crippen LogP contribution in [0, 0.1) is 0 Å². The fourth-order valence-corrected chi connectivity index (χ4v) is 9.65. The predicted octanol–water partition coefficient (Wildman–Crippen LogP) is 16.0. The van der Waals surface area contributed by atoms with Crippen LogP contribution in [0.25, 0.3) is 64.7 Å². The van der Waals surface area contributed by atoms with E-state index in [0.29, 0.717) is 0 Å². The minimum atomic E-state index is 1.12. The summed E-state index contributed by atoms with van der Waals surface area (Å²) < 4.78 is 2.68. The van der Waals surface area contributed by atoms with Crippen molar-refractivity contribution >= 4 is 65.6 Å². The molecule has 11 rings (SSSR count). The fourth-order valence-electron chi connectivity index (χ4n) is 8.41. The van der Waals surface area contributed by atoms with E-state index in [9.17, 15) is 0 Å². The van der Waals surface area contributed by atoms with Gasteiger partial charge in [0.25, 0.3) is 0 Å². The Labute approximate surface area is 336 Å². The Bertz CT molecular complexity index is 3040.